The molecule has 0 unspecified atom stereocenters. The van der Waals surface area contributed by atoms with E-state index in [2.05, 4.69) is 15.0 Å². The van der Waals surface area contributed by atoms with Crippen LogP contribution in [0.4, 0.5) is 4.39 Å². The van der Waals surface area contributed by atoms with Crippen molar-refractivity contribution >= 4 is 17.0 Å². The predicted molar refractivity (Wildman–Crippen MR) is 74.6 cm³/mol. The fourth-order valence-electron chi connectivity index (χ4n) is 2.38. The van der Waals surface area contributed by atoms with Crippen LogP contribution < -0.4 is 0 Å². The molecule has 21 heavy (non-hydrogen) atoms. The smallest absolute Gasteiger partial charge is 0.354 e. The highest BCUT2D eigenvalue weighted by molar-refractivity contribution is 5.93. The van der Waals surface area contributed by atoms with Gasteiger partial charge in [0.2, 0.25) is 0 Å². The second-order valence-corrected chi connectivity index (χ2v) is 4.96. The third-order valence-corrected chi connectivity index (χ3v) is 3.23. The number of hydrogen-bond acceptors (Lipinski definition) is 3. The van der Waals surface area contributed by atoms with Gasteiger partial charge in [-0.15, -0.1) is 0 Å². The number of rotatable bonds is 3. The molecule has 0 aliphatic heterocycles. The largest absolute Gasteiger partial charge is 0.477 e. The molecule has 3 aromatic rings. The number of halogens is 1. The molecule has 3 rings (SSSR count). The van der Waals surface area contributed by atoms with E-state index in [0.717, 1.165) is 0 Å². The second kappa shape index (κ2) is 4.69. The summed E-state index contributed by atoms with van der Waals surface area (Å²) >= 11 is 0. The lowest BCUT2D eigenvalue weighted by atomic mass is 10.2. The lowest BCUT2D eigenvalue weighted by Gasteiger charge is -2.12. The van der Waals surface area contributed by atoms with Gasteiger partial charge in [-0.05, 0) is 32.0 Å². The minimum Gasteiger partial charge on any atom is -0.477 e. The van der Waals surface area contributed by atoms with E-state index < -0.39 is 5.97 Å². The molecule has 2 heterocycles. The maximum absolute atomic E-state index is 13.5. The molecule has 2 N–H and O–H groups in total. The van der Waals surface area contributed by atoms with Gasteiger partial charge in [0.1, 0.15) is 11.5 Å². The van der Waals surface area contributed by atoms with E-state index in [1.807, 2.05) is 13.8 Å². The summed E-state index contributed by atoms with van der Waals surface area (Å²) in [6, 6.07) is 4.26. The zero-order valence-electron chi connectivity index (χ0n) is 11.5. The summed E-state index contributed by atoms with van der Waals surface area (Å²) in [5.41, 5.74) is 1.42. The number of fused-ring (bicyclic) bond motifs is 1. The summed E-state index contributed by atoms with van der Waals surface area (Å²) in [4.78, 5) is 22.3. The quantitative estimate of drug-likeness (QED) is 0.776. The van der Waals surface area contributed by atoms with E-state index in [0.29, 0.717) is 16.9 Å². The van der Waals surface area contributed by atoms with Crippen LogP contribution in [-0.2, 0) is 0 Å². The Balaban J connectivity index is 2.34. The minimum atomic E-state index is -1.11. The first kappa shape index (κ1) is 13.3. The number of imidazole rings is 2. The van der Waals surface area contributed by atoms with Gasteiger partial charge in [0.05, 0.1) is 17.4 Å². The zero-order valence-corrected chi connectivity index (χ0v) is 11.5. The van der Waals surface area contributed by atoms with Gasteiger partial charge < -0.3 is 14.7 Å². The first-order valence-corrected chi connectivity index (χ1v) is 6.43. The monoisotopic (exact) mass is 288 g/mol. The molecule has 7 heteroatoms. The van der Waals surface area contributed by atoms with E-state index in [9.17, 15) is 14.3 Å². The average molecular weight is 288 g/mol. The fraction of sp³-hybridized carbons (Fsp3) is 0.214. The molecule has 108 valence electrons. The van der Waals surface area contributed by atoms with Crippen LogP contribution in [0.5, 0.6) is 0 Å². The Kier molecular flexibility index (Phi) is 2.97. The number of benzene rings is 1. The van der Waals surface area contributed by atoms with Crippen molar-refractivity contribution in [2.45, 2.75) is 19.9 Å². The maximum atomic E-state index is 13.5. The lowest BCUT2D eigenvalue weighted by molar-refractivity contribution is 0.0692. The SMILES string of the molecule is CC(C)n1c(-c2nc[nH]c2C(=O)O)nc2ccc(F)cc21. The van der Waals surface area contributed by atoms with Crippen molar-refractivity contribution in [3.63, 3.8) is 0 Å². The molecule has 0 saturated carbocycles. The number of aromatic carboxylic acids is 1. The summed E-state index contributed by atoms with van der Waals surface area (Å²) < 4.78 is 15.3. The standard InChI is InChI=1S/C14H13FN4O2/c1-7(2)19-10-5-8(15)3-4-9(10)18-13(19)11-12(14(20)21)17-6-16-11/h3-7H,1-2H3,(H,16,17)(H,20,21). The van der Waals surface area contributed by atoms with Gasteiger partial charge in [-0.25, -0.2) is 19.2 Å². The van der Waals surface area contributed by atoms with Crippen LogP contribution in [0.2, 0.25) is 0 Å². The van der Waals surface area contributed by atoms with Gasteiger partial charge in [0.15, 0.2) is 11.5 Å². The molecule has 0 saturated heterocycles. The van der Waals surface area contributed by atoms with Crippen molar-refractivity contribution in [1.82, 2.24) is 19.5 Å². The van der Waals surface area contributed by atoms with Gasteiger partial charge in [0.25, 0.3) is 0 Å². The van der Waals surface area contributed by atoms with Crippen LogP contribution in [0.3, 0.4) is 0 Å². The predicted octanol–water partition coefficient (Wildman–Crippen LogP) is 2.84. The Hall–Kier alpha value is -2.70. The number of H-pyrrole nitrogens is 1. The van der Waals surface area contributed by atoms with Crippen LogP contribution >= 0.6 is 0 Å². The third kappa shape index (κ3) is 2.06. The van der Waals surface area contributed by atoms with Gasteiger partial charge in [-0.1, -0.05) is 0 Å². The maximum Gasteiger partial charge on any atom is 0.354 e. The molecule has 0 bridgehead atoms. The number of aromatic nitrogens is 4. The molecule has 0 aliphatic carbocycles. The van der Waals surface area contributed by atoms with Crippen LogP contribution in [0.25, 0.3) is 22.6 Å². The number of nitrogens with zero attached hydrogens (tertiary/aromatic N) is 3. The molecule has 2 aromatic heterocycles. The molecule has 0 amide bonds. The van der Waals surface area contributed by atoms with Crippen molar-refractivity contribution in [2.75, 3.05) is 0 Å². The van der Waals surface area contributed by atoms with Crippen LogP contribution in [-0.4, -0.2) is 30.6 Å². The van der Waals surface area contributed by atoms with Gasteiger partial charge in [0, 0.05) is 6.04 Å². The second-order valence-electron chi connectivity index (χ2n) is 4.96. The molecular weight excluding hydrogens is 275 g/mol. The summed E-state index contributed by atoms with van der Waals surface area (Å²) in [6.45, 7) is 3.84. The highest BCUT2D eigenvalue weighted by atomic mass is 19.1. The fourth-order valence-corrected chi connectivity index (χ4v) is 2.38. The molecule has 0 fully saturated rings. The highest BCUT2D eigenvalue weighted by Gasteiger charge is 2.22. The van der Waals surface area contributed by atoms with Gasteiger partial charge >= 0.3 is 5.97 Å². The first-order chi connectivity index (χ1) is 9.99. The summed E-state index contributed by atoms with van der Waals surface area (Å²) in [5.74, 6) is -1.07. The number of carboxylic acid groups (broad SMARTS) is 1. The number of aromatic amines is 1. The number of hydrogen-bond donors (Lipinski definition) is 2. The third-order valence-electron chi connectivity index (χ3n) is 3.23. The van der Waals surface area contributed by atoms with Crippen LogP contribution in [0.1, 0.15) is 30.4 Å². The molecule has 6 nitrogen and oxygen atoms in total. The van der Waals surface area contributed by atoms with Gasteiger partial charge in [-0.2, -0.15) is 0 Å². The molecule has 0 radical (unpaired) electrons. The van der Waals surface area contributed by atoms with E-state index in [-0.39, 0.29) is 23.2 Å². The molecule has 1 aromatic carbocycles. The van der Waals surface area contributed by atoms with Crippen LogP contribution in [0, 0.1) is 5.82 Å². The van der Waals surface area contributed by atoms with E-state index >= 15 is 0 Å². The number of carboxylic acids is 1. The number of nitrogens with one attached hydrogen (secondary N) is 1. The summed E-state index contributed by atoms with van der Waals surface area (Å²) in [6.07, 6.45) is 1.31. The Morgan fingerprint density at radius 1 is 1.43 bits per heavy atom. The summed E-state index contributed by atoms with van der Waals surface area (Å²) in [7, 11) is 0. The molecule has 0 atom stereocenters. The van der Waals surface area contributed by atoms with Gasteiger partial charge in [-0.3, -0.25) is 0 Å². The van der Waals surface area contributed by atoms with E-state index in [1.54, 1.807) is 10.6 Å². The summed E-state index contributed by atoms with van der Waals surface area (Å²) in [5, 5.41) is 9.20. The Bertz CT molecular complexity index is 835. The normalized spacial score (nSPS) is 11.4. The zero-order chi connectivity index (χ0) is 15.1. The molecule has 0 spiro atoms. The van der Waals surface area contributed by atoms with Crippen molar-refractivity contribution in [1.29, 1.82) is 0 Å². The Morgan fingerprint density at radius 2 is 2.19 bits per heavy atom. The van der Waals surface area contributed by atoms with Crippen molar-refractivity contribution in [3.05, 3.63) is 36.0 Å². The van der Waals surface area contributed by atoms with E-state index in [4.69, 9.17) is 0 Å². The van der Waals surface area contributed by atoms with Crippen molar-refractivity contribution < 1.29 is 14.3 Å². The average Bonchev–Trinajstić information content (AvgIpc) is 3.01. The minimum absolute atomic E-state index is 0.0230. The topological polar surface area (TPSA) is 83.8 Å². The van der Waals surface area contributed by atoms with E-state index in [1.165, 1.54) is 18.5 Å². The highest BCUT2D eigenvalue weighted by Crippen LogP contribution is 2.29. The van der Waals surface area contributed by atoms with Crippen molar-refractivity contribution in [2.24, 2.45) is 0 Å². The molecule has 0 aliphatic rings. The lowest BCUT2D eigenvalue weighted by Crippen LogP contribution is -2.06. The Morgan fingerprint density at radius 3 is 2.86 bits per heavy atom. The van der Waals surface area contributed by atoms with Crippen LogP contribution in [0.15, 0.2) is 24.5 Å². The molecular formula is C14H13FN4O2. The van der Waals surface area contributed by atoms with Crippen molar-refractivity contribution in [3.8, 4) is 11.5 Å². The number of carbonyl (C=O) groups is 1. The first-order valence-electron chi connectivity index (χ1n) is 6.43. The Labute approximate surface area is 119 Å².